The average Bonchev–Trinajstić information content (AvgIpc) is 2.39. The molecule has 0 fully saturated rings. The van der Waals surface area contributed by atoms with Gasteiger partial charge in [0.1, 0.15) is 4.90 Å². The molecule has 0 saturated heterocycles. The van der Waals surface area contributed by atoms with Gasteiger partial charge in [-0.05, 0) is 37.6 Å². The Morgan fingerprint density at radius 1 is 1.30 bits per heavy atom. The Morgan fingerprint density at radius 2 is 2.00 bits per heavy atom. The van der Waals surface area contributed by atoms with Crippen molar-refractivity contribution < 1.29 is 8.42 Å². The predicted octanol–water partition coefficient (Wildman–Crippen LogP) is 2.74. The summed E-state index contributed by atoms with van der Waals surface area (Å²) < 4.78 is 27.0. The van der Waals surface area contributed by atoms with Gasteiger partial charge in [-0.2, -0.15) is 11.8 Å². The van der Waals surface area contributed by atoms with Crippen LogP contribution in [0.1, 0.15) is 12.0 Å². The number of hydrogen-bond donors (Lipinski definition) is 2. The van der Waals surface area contributed by atoms with Gasteiger partial charge in [0.25, 0.3) is 0 Å². The van der Waals surface area contributed by atoms with Gasteiger partial charge in [-0.3, -0.25) is 0 Å². The average molecular weight is 357 g/mol. The zero-order valence-corrected chi connectivity index (χ0v) is 14.5. The summed E-state index contributed by atoms with van der Waals surface area (Å²) in [5, 5.41) is 3.54. The molecular formula is C12H18Cl2N2O2S2. The molecule has 1 rings (SSSR count). The third-order valence-corrected chi connectivity index (χ3v) is 5.71. The van der Waals surface area contributed by atoms with Crippen molar-refractivity contribution in [2.45, 2.75) is 17.9 Å². The minimum absolute atomic E-state index is 0.0676. The molecule has 0 spiro atoms. The summed E-state index contributed by atoms with van der Waals surface area (Å²) >= 11 is 13.9. The van der Waals surface area contributed by atoms with E-state index in [0.29, 0.717) is 23.7 Å². The van der Waals surface area contributed by atoms with Crippen molar-refractivity contribution in [1.29, 1.82) is 0 Å². The van der Waals surface area contributed by atoms with Gasteiger partial charge in [0, 0.05) is 23.7 Å². The summed E-state index contributed by atoms with van der Waals surface area (Å²) in [6, 6.07) is 2.98. The Morgan fingerprint density at radius 3 is 2.60 bits per heavy atom. The molecule has 0 aliphatic heterocycles. The monoisotopic (exact) mass is 356 g/mol. The van der Waals surface area contributed by atoms with Crippen molar-refractivity contribution in [3.05, 3.63) is 27.7 Å². The van der Waals surface area contributed by atoms with Gasteiger partial charge in [-0.25, -0.2) is 13.1 Å². The number of rotatable bonds is 8. The molecular weight excluding hydrogens is 339 g/mol. The Bertz CT molecular complexity index is 551. The summed E-state index contributed by atoms with van der Waals surface area (Å²) in [5.41, 5.74) is 0.586. The van der Waals surface area contributed by atoms with Crippen LogP contribution in [-0.4, -0.2) is 34.0 Å². The first-order valence-corrected chi connectivity index (χ1v) is 9.67. The van der Waals surface area contributed by atoms with E-state index in [1.165, 1.54) is 6.07 Å². The van der Waals surface area contributed by atoms with Gasteiger partial charge in [0.2, 0.25) is 10.0 Å². The molecule has 1 aromatic rings. The van der Waals surface area contributed by atoms with Crippen LogP contribution in [0, 0.1) is 0 Å². The van der Waals surface area contributed by atoms with Crippen LogP contribution >= 0.6 is 35.0 Å². The molecule has 0 aliphatic carbocycles. The molecule has 8 heteroatoms. The quantitative estimate of drug-likeness (QED) is 0.703. The van der Waals surface area contributed by atoms with Crippen LogP contribution in [0.15, 0.2) is 17.0 Å². The Kier molecular flexibility index (Phi) is 7.64. The van der Waals surface area contributed by atoms with Crippen LogP contribution in [0.2, 0.25) is 10.0 Å². The molecule has 0 saturated carbocycles. The fourth-order valence-corrected chi connectivity index (χ4v) is 4.04. The van der Waals surface area contributed by atoms with E-state index < -0.39 is 10.0 Å². The fourth-order valence-electron chi connectivity index (χ4n) is 1.62. The molecule has 0 amide bonds. The van der Waals surface area contributed by atoms with E-state index in [4.69, 9.17) is 23.2 Å². The number of thioether (sulfide) groups is 1. The zero-order valence-electron chi connectivity index (χ0n) is 11.4. The first kappa shape index (κ1) is 18.1. The van der Waals surface area contributed by atoms with Crippen molar-refractivity contribution >= 4 is 45.0 Å². The highest BCUT2D eigenvalue weighted by Crippen LogP contribution is 2.30. The molecule has 0 aromatic heterocycles. The van der Waals surface area contributed by atoms with Crippen LogP contribution in [0.5, 0.6) is 0 Å². The lowest BCUT2D eigenvalue weighted by molar-refractivity contribution is 0.581. The molecule has 4 nitrogen and oxygen atoms in total. The zero-order chi connectivity index (χ0) is 15.2. The smallest absolute Gasteiger partial charge is 0.242 e. The van der Waals surface area contributed by atoms with Crippen molar-refractivity contribution in [3.63, 3.8) is 0 Å². The Hall–Kier alpha value is 0.0200. The Labute approximate surface area is 134 Å². The highest BCUT2D eigenvalue weighted by molar-refractivity contribution is 7.98. The second-order valence-corrected chi connectivity index (χ2v) is 7.62. The maximum Gasteiger partial charge on any atom is 0.242 e. The van der Waals surface area contributed by atoms with E-state index in [0.717, 1.165) is 12.2 Å². The largest absolute Gasteiger partial charge is 0.316 e. The molecule has 0 atom stereocenters. The standard InChI is InChI=1S/C12H18Cl2N2O2S2/c1-15-8-9-10(13)4-5-11(12(9)14)20(17,18)16-6-3-7-19-2/h4-5,15-16H,3,6-8H2,1-2H3. The van der Waals surface area contributed by atoms with E-state index in [2.05, 4.69) is 10.0 Å². The molecule has 20 heavy (non-hydrogen) atoms. The van der Waals surface area contributed by atoms with Crippen molar-refractivity contribution in [2.75, 3.05) is 25.6 Å². The van der Waals surface area contributed by atoms with Crippen LogP contribution in [0.4, 0.5) is 0 Å². The van der Waals surface area contributed by atoms with Gasteiger partial charge in [-0.15, -0.1) is 0 Å². The molecule has 0 radical (unpaired) electrons. The first-order chi connectivity index (χ1) is 9.44. The topological polar surface area (TPSA) is 58.2 Å². The maximum absolute atomic E-state index is 12.2. The van der Waals surface area contributed by atoms with Crippen LogP contribution in [0.25, 0.3) is 0 Å². The first-order valence-electron chi connectivity index (χ1n) is 6.04. The second kappa shape index (κ2) is 8.46. The Balaban J connectivity index is 2.97. The van der Waals surface area contributed by atoms with Crippen molar-refractivity contribution in [2.24, 2.45) is 0 Å². The van der Waals surface area contributed by atoms with Gasteiger partial charge in [0.05, 0.1) is 5.02 Å². The molecule has 0 heterocycles. The third kappa shape index (κ3) is 4.79. The van der Waals surface area contributed by atoms with Gasteiger partial charge < -0.3 is 5.32 Å². The highest BCUT2D eigenvalue weighted by atomic mass is 35.5. The lowest BCUT2D eigenvalue weighted by atomic mass is 10.2. The summed E-state index contributed by atoms with van der Waals surface area (Å²) in [4.78, 5) is 0.0676. The summed E-state index contributed by atoms with van der Waals surface area (Å²) in [7, 11) is -1.86. The van der Waals surface area contributed by atoms with Crippen LogP contribution in [-0.2, 0) is 16.6 Å². The van der Waals surface area contributed by atoms with E-state index in [1.54, 1.807) is 24.9 Å². The molecule has 0 unspecified atom stereocenters. The highest BCUT2D eigenvalue weighted by Gasteiger charge is 2.20. The fraction of sp³-hybridized carbons (Fsp3) is 0.500. The number of hydrogen-bond acceptors (Lipinski definition) is 4. The van der Waals surface area contributed by atoms with Gasteiger partial charge >= 0.3 is 0 Å². The van der Waals surface area contributed by atoms with E-state index in [9.17, 15) is 8.42 Å². The molecule has 114 valence electrons. The van der Waals surface area contributed by atoms with Gasteiger partial charge in [0.15, 0.2) is 0 Å². The maximum atomic E-state index is 12.2. The lowest BCUT2D eigenvalue weighted by Crippen LogP contribution is -2.25. The summed E-state index contributed by atoms with van der Waals surface area (Å²) in [6.07, 6.45) is 2.75. The molecule has 1 aromatic carbocycles. The SMILES string of the molecule is CNCc1c(Cl)ccc(S(=O)(=O)NCCCSC)c1Cl. The predicted molar refractivity (Wildman–Crippen MR) is 87.4 cm³/mol. The van der Waals surface area contributed by atoms with Crippen molar-refractivity contribution in [3.8, 4) is 0 Å². The molecule has 0 aliphatic rings. The van der Waals surface area contributed by atoms with Crippen molar-refractivity contribution in [1.82, 2.24) is 10.0 Å². The van der Waals surface area contributed by atoms with E-state index in [-0.39, 0.29) is 9.92 Å². The van der Waals surface area contributed by atoms with Gasteiger partial charge in [-0.1, -0.05) is 23.2 Å². The number of halogens is 2. The summed E-state index contributed by atoms with van der Waals surface area (Å²) in [5.74, 6) is 0.905. The number of sulfonamides is 1. The number of benzene rings is 1. The lowest BCUT2D eigenvalue weighted by Gasteiger charge is -2.12. The minimum Gasteiger partial charge on any atom is -0.316 e. The third-order valence-electron chi connectivity index (χ3n) is 2.61. The van der Waals surface area contributed by atoms with Crippen LogP contribution in [0.3, 0.4) is 0 Å². The second-order valence-electron chi connectivity index (χ2n) is 4.11. The minimum atomic E-state index is -3.61. The van der Waals surface area contributed by atoms with E-state index in [1.807, 2.05) is 6.26 Å². The van der Waals surface area contributed by atoms with E-state index >= 15 is 0 Å². The normalized spacial score (nSPS) is 11.8. The van der Waals surface area contributed by atoms with Crippen LogP contribution < -0.4 is 10.0 Å². The molecule has 2 N–H and O–H groups in total. The molecule has 0 bridgehead atoms. The summed E-state index contributed by atoms with van der Waals surface area (Å²) in [6.45, 7) is 0.803. The number of nitrogens with one attached hydrogen (secondary N) is 2.